The van der Waals surface area contributed by atoms with Gasteiger partial charge in [-0.1, -0.05) is 13.0 Å². The second-order valence-electron chi connectivity index (χ2n) is 3.74. The first kappa shape index (κ1) is 9.99. The lowest BCUT2D eigenvalue weighted by Crippen LogP contribution is -1.94. The second kappa shape index (κ2) is 3.24. The first-order valence-electron chi connectivity index (χ1n) is 4.56. The molecule has 0 fully saturated rings. The van der Waals surface area contributed by atoms with E-state index in [1.165, 1.54) is 5.56 Å². The fourth-order valence-corrected chi connectivity index (χ4v) is 2.72. The monoisotopic (exact) mass is 230 g/mol. The van der Waals surface area contributed by atoms with Crippen molar-refractivity contribution in [1.29, 1.82) is 0 Å². The molecule has 0 bridgehead atoms. The fourth-order valence-electron chi connectivity index (χ4n) is 1.94. The van der Waals surface area contributed by atoms with Gasteiger partial charge in [0.15, 0.2) is 0 Å². The SMILES string of the molecule is CC1CCc2ccc(S(=O)(=O)Cl)cc21. The van der Waals surface area contributed by atoms with Crippen LogP contribution in [0, 0.1) is 0 Å². The highest BCUT2D eigenvalue weighted by Crippen LogP contribution is 2.34. The van der Waals surface area contributed by atoms with Gasteiger partial charge < -0.3 is 0 Å². The van der Waals surface area contributed by atoms with E-state index in [0.29, 0.717) is 5.92 Å². The van der Waals surface area contributed by atoms with Crippen molar-refractivity contribution >= 4 is 19.7 Å². The van der Waals surface area contributed by atoms with Crippen LogP contribution in [0.2, 0.25) is 0 Å². The number of fused-ring (bicyclic) bond motifs is 1. The van der Waals surface area contributed by atoms with E-state index in [9.17, 15) is 8.42 Å². The van der Waals surface area contributed by atoms with Crippen molar-refractivity contribution in [2.75, 3.05) is 0 Å². The Kier molecular flexibility index (Phi) is 2.32. The standard InChI is InChI=1S/C10H11ClO2S/c1-7-2-3-8-4-5-9(6-10(7)8)14(11,12)13/h4-7H,2-3H2,1H3. The van der Waals surface area contributed by atoms with Gasteiger partial charge in [0.1, 0.15) is 0 Å². The first-order valence-corrected chi connectivity index (χ1v) is 6.87. The van der Waals surface area contributed by atoms with Crippen molar-refractivity contribution in [3.05, 3.63) is 29.3 Å². The van der Waals surface area contributed by atoms with Gasteiger partial charge in [-0.05, 0) is 42.0 Å². The van der Waals surface area contributed by atoms with Crippen LogP contribution >= 0.6 is 10.7 Å². The van der Waals surface area contributed by atoms with Crippen LogP contribution in [-0.2, 0) is 15.5 Å². The van der Waals surface area contributed by atoms with E-state index in [1.54, 1.807) is 12.1 Å². The summed E-state index contributed by atoms with van der Waals surface area (Å²) in [5.74, 6) is 0.448. The summed E-state index contributed by atoms with van der Waals surface area (Å²) in [6.45, 7) is 2.11. The molecule has 0 radical (unpaired) electrons. The van der Waals surface area contributed by atoms with Crippen LogP contribution in [0.4, 0.5) is 0 Å². The predicted molar refractivity (Wildman–Crippen MR) is 56.2 cm³/mol. The molecule has 1 unspecified atom stereocenters. The fraction of sp³-hybridized carbons (Fsp3) is 0.400. The molecule has 0 saturated carbocycles. The van der Waals surface area contributed by atoms with Crippen LogP contribution in [-0.4, -0.2) is 8.42 Å². The second-order valence-corrected chi connectivity index (χ2v) is 6.30. The number of hydrogen-bond acceptors (Lipinski definition) is 2. The minimum Gasteiger partial charge on any atom is -0.207 e. The van der Waals surface area contributed by atoms with E-state index >= 15 is 0 Å². The molecule has 4 heteroatoms. The van der Waals surface area contributed by atoms with E-state index < -0.39 is 9.05 Å². The molecule has 1 aromatic rings. The Morgan fingerprint density at radius 1 is 1.43 bits per heavy atom. The number of benzene rings is 1. The molecule has 1 atom stereocenters. The molecule has 0 saturated heterocycles. The van der Waals surface area contributed by atoms with Crippen molar-refractivity contribution in [3.63, 3.8) is 0 Å². The molecule has 2 rings (SSSR count). The quantitative estimate of drug-likeness (QED) is 0.696. The highest BCUT2D eigenvalue weighted by molar-refractivity contribution is 8.13. The smallest absolute Gasteiger partial charge is 0.207 e. The molecule has 2 nitrogen and oxygen atoms in total. The number of aryl methyl sites for hydroxylation is 1. The third-order valence-corrected chi connectivity index (χ3v) is 4.13. The Hall–Kier alpha value is -0.540. The summed E-state index contributed by atoms with van der Waals surface area (Å²) in [4.78, 5) is 0.215. The molecule has 76 valence electrons. The summed E-state index contributed by atoms with van der Waals surface area (Å²) in [5.41, 5.74) is 2.38. The van der Waals surface area contributed by atoms with Gasteiger partial charge in [0, 0.05) is 10.7 Å². The highest BCUT2D eigenvalue weighted by atomic mass is 35.7. The van der Waals surface area contributed by atoms with Crippen LogP contribution in [0.3, 0.4) is 0 Å². The summed E-state index contributed by atoms with van der Waals surface area (Å²) < 4.78 is 22.2. The average molecular weight is 231 g/mol. The lowest BCUT2D eigenvalue weighted by atomic mass is 10.0. The number of rotatable bonds is 1. The Balaban J connectivity index is 2.56. The van der Waals surface area contributed by atoms with Gasteiger partial charge in [0.25, 0.3) is 9.05 Å². The lowest BCUT2D eigenvalue weighted by molar-refractivity contribution is 0.609. The molecular formula is C10H11ClO2S. The van der Waals surface area contributed by atoms with Crippen LogP contribution in [0.5, 0.6) is 0 Å². The molecule has 0 spiro atoms. The molecule has 1 aliphatic rings. The van der Waals surface area contributed by atoms with Crippen molar-refractivity contribution in [2.24, 2.45) is 0 Å². The van der Waals surface area contributed by atoms with Gasteiger partial charge in [-0.3, -0.25) is 0 Å². The van der Waals surface area contributed by atoms with Crippen LogP contribution < -0.4 is 0 Å². The van der Waals surface area contributed by atoms with Gasteiger partial charge >= 0.3 is 0 Å². The molecule has 1 aliphatic carbocycles. The summed E-state index contributed by atoms with van der Waals surface area (Å²) in [7, 11) is 1.70. The van der Waals surface area contributed by atoms with Gasteiger partial charge in [0.2, 0.25) is 0 Å². The first-order chi connectivity index (χ1) is 6.48. The molecule has 0 amide bonds. The normalized spacial score (nSPS) is 20.9. The van der Waals surface area contributed by atoms with Gasteiger partial charge in [-0.25, -0.2) is 8.42 Å². The van der Waals surface area contributed by atoms with Crippen molar-refractivity contribution in [3.8, 4) is 0 Å². The maximum absolute atomic E-state index is 11.1. The number of hydrogen-bond donors (Lipinski definition) is 0. The van der Waals surface area contributed by atoms with E-state index in [-0.39, 0.29) is 4.90 Å². The zero-order valence-electron chi connectivity index (χ0n) is 7.83. The Bertz CT molecular complexity index is 465. The minimum atomic E-state index is -3.58. The zero-order valence-corrected chi connectivity index (χ0v) is 9.40. The molecular weight excluding hydrogens is 220 g/mol. The average Bonchev–Trinajstić information content (AvgIpc) is 2.46. The molecule has 0 aromatic heterocycles. The highest BCUT2D eigenvalue weighted by Gasteiger charge is 2.21. The maximum Gasteiger partial charge on any atom is 0.261 e. The molecule has 14 heavy (non-hydrogen) atoms. The van der Waals surface area contributed by atoms with Gasteiger partial charge in [-0.15, -0.1) is 0 Å². The molecule has 0 heterocycles. The largest absolute Gasteiger partial charge is 0.261 e. The lowest BCUT2D eigenvalue weighted by Gasteiger charge is -2.05. The third-order valence-electron chi connectivity index (χ3n) is 2.78. The summed E-state index contributed by atoms with van der Waals surface area (Å²) in [6.07, 6.45) is 2.14. The van der Waals surface area contributed by atoms with Gasteiger partial charge in [-0.2, -0.15) is 0 Å². The van der Waals surface area contributed by atoms with Crippen molar-refractivity contribution in [1.82, 2.24) is 0 Å². The molecule has 0 aliphatic heterocycles. The Morgan fingerprint density at radius 3 is 2.79 bits per heavy atom. The van der Waals surface area contributed by atoms with E-state index in [1.807, 2.05) is 6.07 Å². The maximum atomic E-state index is 11.1. The van der Waals surface area contributed by atoms with Crippen LogP contribution in [0.1, 0.15) is 30.4 Å². The third kappa shape index (κ3) is 1.66. The minimum absolute atomic E-state index is 0.215. The van der Waals surface area contributed by atoms with Gasteiger partial charge in [0.05, 0.1) is 4.90 Å². The van der Waals surface area contributed by atoms with Crippen molar-refractivity contribution < 1.29 is 8.42 Å². The van der Waals surface area contributed by atoms with E-state index in [0.717, 1.165) is 18.4 Å². The van der Waals surface area contributed by atoms with Crippen LogP contribution in [0.25, 0.3) is 0 Å². The Labute approximate surface area is 88.3 Å². The van der Waals surface area contributed by atoms with Crippen molar-refractivity contribution in [2.45, 2.75) is 30.6 Å². The number of halogens is 1. The van der Waals surface area contributed by atoms with Crippen LogP contribution in [0.15, 0.2) is 23.1 Å². The molecule has 0 N–H and O–H groups in total. The zero-order chi connectivity index (χ0) is 10.3. The van der Waals surface area contributed by atoms with E-state index in [2.05, 4.69) is 6.92 Å². The molecule has 1 aromatic carbocycles. The predicted octanol–water partition coefficient (Wildman–Crippen LogP) is 2.66. The Morgan fingerprint density at radius 2 is 2.14 bits per heavy atom. The topological polar surface area (TPSA) is 34.1 Å². The van der Waals surface area contributed by atoms with E-state index in [4.69, 9.17) is 10.7 Å². The summed E-state index contributed by atoms with van der Waals surface area (Å²) in [5, 5.41) is 0. The summed E-state index contributed by atoms with van der Waals surface area (Å²) in [6, 6.07) is 5.16. The summed E-state index contributed by atoms with van der Waals surface area (Å²) >= 11 is 0.